The first-order valence-electron chi connectivity index (χ1n) is 8.89. The molecule has 0 unspecified atom stereocenters. The van der Waals surface area contributed by atoms with Crippen LogP contribution in [0.15, 0.2) is 47.6 Å². The van der Waals surface area contributed by atoms with E-state index in [0.29, 0.717) is 10.4 Å². The molecule has 1 saturated heterocycles. The molecule has 1 fully saturated rings. The minimum Gasteiger partial charge on any atom is -0.287 e. The number of imide groups is 1. The summed E-state index contributed by atoms with van der Waals surface area (Å²) in [6, 6.07) is 10.1. The highest BCUT2D eigenvalue weighted by Crippen LogP contribution is 2.35. The van der Waals surface area contributed by atoms with Crippen molar-refractivity contribution in [3.63, 3.8) is 0 Å². The molecule has 1 aromatic heterocycles. The Kier molecular flexibility index (Phi) is 5.89. The number of piperidine rings is 1. The van der Waals surface area contributed by atoms with Crippen LogP contribution in [0.2, 0.25) is 10.0 Å². The van der Waals surface area contributed by atoms with Crippen molar-refractivity contribution in [3.05, 3.63) is 57.5 Å². The summed E-state index contributed by atoms with van der Waals surface area (Å²) in [5, 5.41) is 4.23. The molecular formula is C19H12Cl2N6O4S. The molecule has 0 radical (unpaired) electrons. The number of nitrogens with one attached hydrogen (secondary N) is 2. The summed E-state index contributed by atoms with van der Waals surface area (Å²) in [6.07, 6.45) is 0. The molecule has 0 aliphatic carbocycles. The van der Waals surface area contributed by atoms with E-state index in [0.717, 1.165) is 16.0 Å². The van der Waals surface area contributed by atoms with Gasteiger partial charge in [-0.15, -0.1) is 11.3 Å². The van der Waals surface area contributed by atoms with E-state index in [1.807, 2.05) is 5.43 Å². The van der Waals surface area contributed by atoms with Crippen molar-refractivity contribution < 1.29 is 19.2 Å². The Hall–Kier alpha value is -3.38. The van der Waals surface area contributed by atoms with Gasteiger partial charge >= 0.3 is 11.9 Å². The number of ketones is 1. The monoisotopic (exact) mass is 490 g/mol. The molecule has 2 heterocycles. The quantitative estimate of drug-likeness (QED) is 0.169. The molecule has 4 N–H and O–H groups in total. The molecule has 1 aliphatic heterocycles. The number of benzene rings is 2. The lowest BCUT2D eigenvalue weighted by molar-refractivity contribution is -0.139. The van der Waals surface area contributed by atoms with E-state index >= 15 is 0 Å². The highest BCUT2D eigenvalue weighted by Gasteiger charge is 2.48. The Balaban J connectivity index is 1.84. The third-order valence-electron chi connectivity index (χ3n) is 4.50. The molecular weight excluding hydrogens is 479 g/mol. The number of amides is 4. The highest BCUT2D eigenvalue weighted by atomic mass is 35.5. The van der Waals surface area contributed by atoms with Crippen LogP contribution in [-0.4, -0.2) is 34.3 Å². The van der Waals surface area contributed by atoms with Crippen LogP contribution in [0.25, 0.3) is 10.2 Å². The molecule has 0 spiro atoms. The van der Waals surface area contributed by atoms with E-state index < -0.39 is 35.3 Å². The van der Waals surface area contributed by atoms with Crippen LogP contribution in [-0.2, 0) is 14.4 Å². The number of nitrogens with zero attached hydrogens (tertiary/aromatic N) is 3. The number of anilines is 1. The van der Waals surface area contributed by atoms with Gasteiger partial charge in [-0.25, -0.2) is 25.9 Å². The van der Waals surface area contributed by atoms with Gasteiger partial charge in [0.15, 0.2) is 0 Å². The minimum atomic E-state index is -1.41. The van der Waals surface area contributed by atoms with Gasteiger partial charge in [-0.2, -0.15) is 5.10 Å². The number of halogens is 2. The lowest BCUT2D eigenvalue weighted by Crippen LogP contribution is -2.55. The second kappa shape index (κ2) is 8.63. The Bertz CT molecular complexity index is 1290. The van der Waals surface area contributed by atoms with E-state index in [-0.39, 0.29) is 20.7 Å². The number of thiazole rings is 1. The maximum atomic E-state index is 13.3. The van der Waals surface area contributed by atoms with Gasteiger partial charge in [0.25, 0.3) is 5.91 Å². The summed E-state index contributed by atoms with van der Waals surface area (Å²) < 4.78 is 0.745. The van der Waals surface area contributed by atoms with Gasteiger partial charge in [0.1, 0.15) is 16.6 Å². The highest BCUT2D eigenvalue weighted by molar-refractivity contribution is 7.19. The SMILES string of the molecule is NNC(=O)N/N=C1/C(=O)N(c2ccc(Cl)c(Cl)c2)C(=O)C(=O)[C@@H]1c1nc2ccccc2s1. The van der Waals surface area contributed by atoms with Gasteiger partial charge in [-0.05, 0) is 30.3 Å². The number of fused-ring (bicyclic) bond motifs is 1. The number of aromatic nitrogens is 1. The average Bonchev–Trinajstić information content (AvgIpc) is 3.21. The topological polar surface area (TPSA) is 147 Å². The number of hydrazine groups is 1. The van der Waals surface area contributed by atoms with Crippen LogP contribution < -0.4 is 21.6 Å². The number of rotatable bonds is 3. The van der Waals surface area contributed by atoms with Crippen molar-refractivity contribution in [2.75, 3.05) is 4.90 Å². The molecule has 10 nitrogen and oxygen atoms in total. The Morgan fingerprint density at radius 2 is 1.84 bits per heavy atom. The summed E-state index contributed by atoms with van der Waals surface area (Å²) in [7, 11) is 0. The number of hydrogen-bond donors (Lipinski definition) is 3. The molecule has 32 heavy (non-hydrogen) atoms. The Morgan fingerprint density at radius 1 is 1.09 bits per heavy atom. The second-order valence-corrected chi connectivity index (χ2v) is 8.32. The van der Waals surface area contributed by atoms with Gasteiger partial charge in [-0.3, -0.25) is 19.8 Å². The second-order valence-electron chi connectivity index (χ2n) is 6.44. The number of hydrazone groups is 1. The van der Waals surface area contributed by atoms with Gasteiger partial charge in [0.2, 0.25) is 5.78 Å². The number of para-hydroxylation sites is 1. The van der Waals surface area contributed by atoms with Gasteiger partial charge in [0, 0.05) is 0 Å². The number of carbonyl (C=O) groups excluding carboxylic acids is 4. The molecule has 0 saturated carbocycles. The number of urea groups is 1. The first-order chi connectivity index (χ1) is 15.3. The maximum absolute atomic E-state index is 13.3. The van der Waals surface area contributed by atoms with E-state index in [9.17, 15) is 19.2 Å². The maximum Gasteiger partial charge on any atom is 0.349 e. The van der Waals surface area contributed by atoms with E-state index in [4.69, 9.17) is 29.0 Å². The van der Waals surface area contributed by atoms with Crippen LogP contribution in [0.4, 0.5) is 10.5 Å². The van der Waals surface area contributed by atoms with Gasteiger partial charge in [-0.1, -0.05) is 35.3 Å². The molecule has 3 aromatic rings. The molecule has 0 bridgehead atoms. The standard InChI is InChI=1S/C19H12Cl2N6O4S/c20-9-6-5-8(7-10(9)21)27-17(29)14(25-26-19(31)24-22)13(15(28)18(27)30)16-23-11-3-1-2-4-12(11)32-16/h1-7,13H,22H2,(H2,24,26,31)/b25-14+/t13-/m1/s1. The van der Waals surface area contributed by atoms with Crippen molar-refractivity contribution in [3.8, 4) is 0 Å². The summed E-state index contributed by atoms with van der Waals surface area (Å²) in [5.41, 5.74) is 4.00. The van der Waals surface area contributed by atoms with Gasteiger partial charge < -0.3 is 0 Å². The lowest BCUT2D eigenvalue weighted by atomic mass is 9.92. The molecule has 1 aliphatic rings. The van der Waals surface area contributed by atoms with Crippen molar-refractivity contribution >= 4 is 79.8 Å². The number of hydrogen-bond acceptors (Lipinski definition) is 8. The lowest BCUT2D eigenvalue weighted by Gasteiger charge is -2.29. The summed E-state index contributed by atoms with van der Waals surface area (Å²) in [6.45, 7) is 0. The Morgan fingerprint density at radius 3 is 2.53 bits per heavy atom. The van der Waals surface area contributed by atoms with Crippen LogP contribution in [0.5, 0.6) is 0 Å². The Labute approximate surface area is 194 Å². The fraction of sp³-hybridized carbons (Fsp3) is 0.0526. The third kappa shape index (κ3) is 3.82. The van der Waals surface area contributed by atoms with Crippen molar-refractivity contribution in [1.29, 1.82) is 0 Å². The van der Waals surface area contributed by atoms with Crippen LogP contribution in [0.3, 0.4) is 0 Å². The zero-order valence-corrected chi connectivity index (χ0v) is 18.2. The molecule has 13 heteroatoms. The molecule has 2 aromatic carbocycles. The zero-order valence-electron chi connectivity index (χ0n) is 15.8. The van der Waals surface area contributed by atoms with Crippen LogP contribution >= 0.6 is 34.5 Å². The average molecular weight is 491 g/mol. The van der Waals surface area contributed by atoms with Crippen molar-refractivity contribution in [2.45, 2.75) is 5.92 Å². The first kappa shape index (κ1) is 21.8. The van der Waals surface area contributed by atoms with E-state index in [1.54, 1.807) is 29.7 Å². The third-order valence-corrected chi connectivity index (χ3v) is 6.34. The fourth-order valence-corrected chi connectivity index (χ4v) is 4.41. The van der Waals surface area contributed by atoms with Crippen molar-refractivity contribution in [2.24, 2.45) is 10.9 Å². The predicted molar refractivity (Wildman–Crippen MR) is 120 cm³/mol. The molecule has 1 atom stereocenters. The summed E-state index contributed by atoms with van der Waals surface area (Å²) >= 11 is 13.0. The van der Waals surface area contributed by atoms with Crippen LogP contribution in [0.1, 0.15) is 10.9 Å². The first-order valence-corrected chi connectivity index (χ1v) is 10.5. The fourth-order valence-electron chi connectivity index (χ4n) is 3.04. The number of Topliss-reactive ketones (excluding diaryl/α,β-unsaturated/α-hetero) is 1. The summed E-state index contributed by atoms with van der Waals surface area (Å²) in [4.78, 5) is 55.9. The zero-order chi connectivity index (χ0) is 23.0. The number of nitrogens with two attached hydrogens (primary N) is 1. The predicted octanol–water partition coefficient (Wildman–Crippen LogP) is 2.36. The van der Waals surface area contributed by atoms with E-state index in [1.165, 1.54) is 18.2 Å². The van der Waals surface area contributed by atoms with Crippen molar-refractivity contribution in [1.82, 2.24) is 15.8 Å². The molecule has 4 amide bonds. The number of carbonyl (C=O) groups is 4. The molecule has 162 valence electrons. The summed E-state index contributed by atoms with van der Waals surface area (Å²) in [5.74, 6) is 0.632. The molecule has 4 rings (SSSR count). The van der Waals surface area contributed by atoms with Gasteiger partial charge in [0.05, 0.1) is 25.9 Å². The minimum absolute atomic E-state index is 0.0153. The van der Waals surface area contributed by atoms with E-state index in [2.05, 4.69) is 10.1 Å². The van der Waals surface area contributed by atoms with Crippen LogP contribution in [0, 0.1) is 0 Å². The largest absolute Gasteiger partial charge is 0.349 e. The smallest absolute Gasteiger partial charge is 0.287 e. The normalized spacial score (nSPS) is 17.8.